The van der Waals surface area contributed by atoms with Crippen LogP contribution >= 0.6 is 0 Å². The Kier molecular flexibility index (Phi) is 6.65. The maximum Gasteiger partial charge on any atom is 0.328 e. The predicted molar refractivity (Wildman–Crippen MR) is 133 cm³/mol. The first-order valence-electron chi connectivity index (χ1n) is 12.4. The molecule has 1 saturated heterocycles. The van der Waals surface area contributed by atoms with E-state index in [4.69, 9.17) is 0 Å². The molecule has 4 heterocycles. The van der Waals surface area contributed by atoms with Gasteiger partial charge in [0.25, 0.3) is 0 Å². The average molecular weight is 488 g/mol. The van der Waals surface area contributed by atoms with Crippen molar-refractivity contribution in [2.24, 2.45) is 5.92 Å². The van der Waals surface area contributed by atoms with Crippen LogP contribution in [0.5, 0.6) is 0 Å². The molecule has 2 aromatic rings. The summed E-state index contributed by atoms with van der Waals surface area (Å²) in [6.07, 6.45) is 6.81. The number of aldehydes is 1. The van der Waals surface area contributed by atoms with Crippen LogP contribution in [0.15, 0.2) is 18.3 Å². The van der Waals surface area contributed by atoms with Gasteiger partial charge in [0, 0.05) is 37.9 Å². The number of hydrogen-bond donors (Lipinski definition) is 1. The molecule has 36 heavy (non-hydrogen) atoms. The van der Waals surface area contributed by atoms with Gasteiger partial charge in [-0.1, -0.05) is 0 Å². The molecule has 0 spiro atoms. The number of rotatable bonds is 6. The Morgan fingerprint density at radius 1 is 1.25 bits per heavy atom. The van der Waals surface area contributed by atoms with Crippen molar-refractivity contribution in [3.05, 3.63) is 46.3 Å². The van der Waals surface area contributed by atoms with Gasteiger partial charge in [0.2, 0.25) is 5.91 Å². The smallest absolute Gasteiger partial charge is 0.328 e. The fourth-order valence-corrected chi connectivity index (χ4v) is 4.83. The molecule has 3 amide bonds. The van der Waals surface area contributed by atoms with E-state index in [2.05, 4.69) is 21.4 Å². The van der Waals surface area contributed by atoms with Crippen LogP contribution in [0.4, 0.5) is 16.4 Å². The van der Waals surface area contributed by atoms with Gasteiger partial charge in [-0.25, -0.2) is 14.8 Å². The Balaban J connectivity index is 1.36. The fraction of sp³-hybridized carbons (Fsp3) is 0.462. The number of carbonyl (C=O) groups is 3. The van der Waals surface area contributed by atoms with Gasteiger partial charge in [-0.15, -0.1) is 0 Å². The third-order valence-electron chi connectivity index (χ3n) is 7.05. The van der Waals surface area contributed by atoms with E-state index in [9.17, 15) is 19.6 Å². The molecular weight excluding hydrogens is 458 g/mol. The van der Waals surface area contributed by atoms with Gasteiger partial charge in [-0.3, -0.25) is 24.7 Å². The van der Waals surface area contributed by atoms with Crippen LogP contribution in [0.1, 0.15) is 52.0 Å². The lowest BCUT2D eigenvalue weighted by atomic mass is 10.0. The number of piperazine rings is 1. The molecule has 186 valence electrons. The molecule has 5 rings (SSSR count). The molecule has 0 radical (unpaired) electrons. The zero-order valence-electron chi connectivity index (χ0n) is 20.4. The van der Waals surface area contributed by atoms with Gasteiger partial charge < -0.3 is 4.90 Å². The van der Waals surface area contributed by atoms with Crippen molar-refractivity contribution in [2.45, 2.75) is 38.6 Å². The molecule has 10 nitrogen and oxygen atoms in total. The van der Waals surface area contributed by atoms with Gasteiger partial charge in [-0.2, -0.15) is 5.26 Å². The van der Waals surface area contributed by atoms with Crippen molar-refractivity contribution in [1.29, 1.82) is 5.26 Å². The van der Waals surface area contributed by atoms with Crippen molar-refractivity contribution in [3.63, 3.8) is 0 Å². The minimum absolute atomic E-state index is 0.0234. The van der Waals surface area contributed by atoms with Gasteiger partial charge in [-0.05, 0) is 68.3 Å². The first-order valence-corrected chi connectivity index (χ1v) is 12.4. The van der Waals surface area contributed by atoms with E-state index in [1.165, 1.54) is 11.1 Å². The molecule has 1 saturated carbocycles. The largest absolute Gasteiger partial charge is 0.336 e. The molecule has 0 unspecified atom stereocenters. The molecule has 0 aromatic carbocycles. The number of anilines is 2. The number of aromatic nitrogens is 2. The van der Waals surface area contributed by atoms with Crippen molar-refractivity contribution in [1.82, 2.24) is 19.8 Å². The van der Waals surface area contributed by atoms with Crippen LogP contribution in [-0.2, 0) is 24.2 Å². The van der Waals surface area contributed by atoms with Crippen LogP contribution in [0.25, 0.3) is 0 Å². The van der Waals surface area contributed by atoms with Gasteiger partial charge in [0.15, 0.2) is 6.29 Å². The van der Waals surface area contributed by atoms with E-state index in [0.29, 0.717) is 61.1 Å². The lowest BCUT2D eigenvalue weighted by molar-refractivity contribution is -0.136. The molecule has 1 N–H and O–H groups in total. The normalized spacial score (nSPS) is 17.9. The third kappa shape index (κ3) is 5.06. The Bertz CT molecular complexity index is 1250. The van der Waals surface area contributed by atoms with Crippen LogP contribution in [0, 0.1) is 17.2 Å². The Hall–Kier alpha value is -3.84. The van der Waals surface area contributed by atoms with Crippen LogP contribution in [-0.4, -0.2) is 71.2 Å². The molecular formula is C26H29N7O3. The topological polar surface area (TPSA) is 123 Å². The molecule has 2 fully saturated rings. The van der Waals surface area contributed by atoms with E-state index in [0.717, 1.165) is 49.8 Å². The monoisotopic (exact) mass is 487 g/mol. The van der Waals surface area contributed by atoms with Crippen molar-refractivity contribution >= 4 is 29.9 Å². The van der Waals surface area contributed by atoms with Crippen molar-refractivity contribution in [3.8, 4) is 6.07 Å². The second kappa shape index (κ2) is 10.0. The zero-order valence-corrected chi connectivity index (χ0v) is 20.4. The summed E-state index contributed by atoms with van der Waals surface area (Å²) in [5.41, 5.74) is 3.24. The lowest BCUT2D eigenvalue weighted by Gasteiger charge is -2.33. The average Bonchev–Trinajstić information content (AvgIpc) is 3.69. The highest BCUT2D eigenvalue weighted by atomic mass is 16.2. The highest BCUT2D eigenvalue weighted by Gasteiger charge is 2.29. The molecule has 10 heteroatoms. The standard InChI is InChI=1S/C26H29N7O3/c1-31-7-8-32(24(35)15-31)14-20-10-18-3-2-6-33(25(18)29-22(20)16-34)26(36)30-23-11-19(9-17-4-5-17)21(12-27)13-28-23/h10-11,13,16-17H,2-9,14-15H2,1H3,(H,28,30,36). The number of aryl methyl sites for hydroxylation is 1. The highest BCUT2D eigenvalue weighted by molar-refractivity contribution is 6.01. The number of likely N-dealkylation sites (N-methyl/N-ethyl adjacent to an activating group) is 1. The fourth-order valence-electron chi connectivity index (χ4n) is 4.83. The maximum absolute atomic E-state index is 13.2. The summed E-state index contributed by atoms with van der Waals surface area (Å²) < 4.78 is 0. The molecule has 2 aliphatic heterocycles. The summed E-state index contributed by atoms with van der Waals surface area (Å²) in [5, 5.41) is 12.2. The Morgan fingerprint density at radius 3 is 2.81 bits per heavy atom. The minimum atomic E-state index is -0.378. The summed E-state index contributed by atoms with van der Waals surface area (Å²) in [6, 6.07) is 5.49. The van der Waals surface area contributed by atoms with Crippen LogP contribution in [0.2, 0.25) is 0 Å². The lowest BCUT2D eigenvalue weighted by Crippen LogP contribution is -2.48. The second-order valence-corrected chi connectivity index (χ2v) is 9.86. The summed E-state index contributed by atoms with van der Waals surface area (Å²) in [5.74, 6) is 1.47. The number of hydrogen-bond acceptors (Lipinski definition) is 7. The van der Waals surface area contributed by atoms with Gasteiger partial charge >= 0.3 is 6.03 Å². The number of fused-ring (bicyclic) bond motifs is 1. The van der Waals surface area contributed by atoms with E-state index in [1.54, 1.807) is 11.0 Å². The second-order valence-electron chi connectivity index (χ2n) is 9.86. The van der Waals surface area contributed by atoms with Gasteiger partial charge in [0.1, 0.15) is 23.4 Å². The molecule has 3 aliphatic rings. The zero-order chi connectivity index (χ0) is 25.2. The van der Waals surface area contributed by atoms with Crippen LogP contribution < -0.4 is 10.2 Å². The Morgan fingerprint density at radius 2 is 2.08 bits per heavy atom. The van der Waals surface area contributed by atoms with E-state index in [1.807, 2.05) is 18.0 Å². The molecule has 0 atom stereocenters. The maximum atomic E-state index is 13.2. The summed E-state index contributed by atoms with van der Waals surface area (Å²) in [6.45, 7) is 2.52. The van der Waals surface area contributed by atoms with Crippen LogP contribution in [0.3, 0.4) is 0 Å². The minimum Gasteiger partial charge on any atom is -0.336 e. The quantitative estimate of drug-likeness (QED) is 0.621. The van der Waals surface area contributed by atoms with Crippen molar-refractivity contribution in [2.75, 3.05) is 43.4 Å². The van der Waals surface area contributed by atoms with E-state index >= 15 is 0 Å². The molecule has 0 bridgehead atoms. The number of nitrogens with one attached hydrogen (secondary N) is 1. The number of pyridine rings is 2. The number of carbonyl (C=O) groups excluding carboxylic acids is 3. The van der Waals surface area contributed by atoms with Gasteiger partial charge in [0.05, 0.1) is 12.1 Å². The summed E-state index contributed by atoms with van der Waals surface area (Å²) in [4.78, 5) is 51.7. The van der Waals surface area contributed by atoms with E-state index in [-0.39, 0.29) is 17.6 Å². The summed E-state index contributed by atoms with van der Waals surface area (Å²) >= 11 is 0. The number of urea groups is 1. The third-order valence-corrected chi connectivity index (χ3v) is 7.05. The number of nitriles is 1. The highest BCUT2D eigenvalue weighted by Crippen LogP contribution is 2.34. The molecule has 1 aliphatic carbocycles. The SMILES string of the molecule is CN1CCN(Cc2cc3c(nc2C=O)N(C(=O)Nc2cc(CC4CC4)c(C#N)cn2)CCC3)C(=O)C1. The first kappa shape index (κ1) is 23.9. The summed E-state index contributed by atoms with van der Waals surface area (Å²) in [7, 11) is 1.91. The van der Waals surface area contributed by atoms with E-state index < -0.39 is 0 Å². The number of nitrogens with zero attached hydrogens (tertiary/aromatic N) is 6. The number of amides is 3. The molecule has 2 aromatic heterocycles. The predicted octanol–water partition coefficient (Wildman–Crippen LogP) is 2.37. The first-order chi connectivity index (χ1) is 17.4. The Labute approximate surface area is 209 Å². The van der Waals surface area contributed by atoms with Crippen molar-refractivity contribution < 1.29 is 14.4 Å².